The Kier molecular flexibility index (Phi) is 7.35. The average molecular weight is 542 g/mol. The van der Waals surface area contributed by atoms with E-state index in [2.05, 4.69) is 15.5 Å². The van der Waals surface area contributed by atoms with Crippen LogP contribution in [0, 0.1) is 17.5 Å². The summed E-state index contributed by atoms with van der Waals surface area (Å²) in [4.78, 5) is 27.7. The van der Waals surface area contributed by atoms with Gasteiger partial charge in [0.15, 0.2) is 17.5 Å². The number of aromatic nitrogens is 4. The Labute approximate surface area is 220 Å². The monoisotopic (exact) mass is 541 g/mol. The van der Waals surface area contributed by atoms with E-state index in [9.17, 15) is 18.4 Å². The number of nitrogens with zero attached hydrogens (tertiary/aromatic N) is 5. The molecule has 5 rings (SSSR count). The van der Waals surface area contributed by atoms with Gasteiger partial charge in [0.05, 0.1) is 30.7 Å². The molecule has 0 aliphatic carbocycles. The van der Waals surface area contributed by atoms with E-state index >= 15 is 4.39 Å². The summed E-state index contributed by atoms with van der Waals surface area (Å²) in [6, 6.07) is 6.42. The van der Waals surface area contributed by atoms with E-state index in [1.54, 1.807) is 0 Å². The Morgan fingerprint density at radius 1 is 1.10 bits per heavy atom. The predicted molar refractivity (Wildman–Crippen MR) is 139 cm³/mol. The molecule has 0 spiro atoms. The van der Waals surface area contributed by atoms with Crippen LogP contribution in [0.15, 0.2) is 47.4 Å². The largest absolute Gasteiger partial charge is 0.383 e. The number of carbonyl (C=O) groups excluding carboxylic acids is 1. The van der Waals surface area contributed by atoms with Gasteiger partial charge < -0.3 is 20.7 Å². The van der Waals surface area contributed by atoms with Crippen LogP contribution in [0.4, 0.5) is 24.5 Å². The summed E-state index contributed by atoms with van der Waals surface area (Å²) >= 11 is 0. The summed E-state index contributed by atoms with van der Waals surface area (Å²) in [5, 5.41) is 11.4. The van der Waals surface area contributed by atoms with Gasteiger partial charge in [-0.1, -0.05) is 6.07 Å². The first-order valence-corrected chi connectivity index (χ1v) is 12.3. The summed E-state index contributed by atoms with van der Waals surface area (Å²) < 4.78 is 51.2. The molecule has 1 aliphatic rings. The Bertz CT molecular complexity index is 1580. The molecule has 0 saturated carbocycles. The molecule has 39 heavy (non-hydrogen) atoms. The molecule has 0 bridgehead atoms. The number of anilines is 2. The highest BCUT2D eigenvalue weighted by molar-refractivity contribution is 6.09. The molecule has 10 nitrogen and oxygen atoms in total. The van der Waals surface area contributed by atoms with Crippen molar-refractivity contribution in [1.29, 1.82) is 0 Å². The second-order valence-electron chi connectivity index (χ2n) is 9.19. The van der Waals surface area contributed by atoms with Crippen molar-refractivity contribution in [2.45, 2.75) is 25.4 Å². The summed E-state index contributed by atoms with van der Waals surface area (Å²) in [6.45, 7) is 1.80. The number of nitrogens with two attached hydrogens (primary N) is 1. The lowest BCUT2D eigenvalue weighted by molar-refractivity contribution is 0.102. The summed E-state index contributed by atoms with van der Waals surface area (Å²) in [7, 11) is 1.54. The van der Waals surface area contributed by atoms with Crippen molar-refractivity contribution in [3.05, 3.63) is 76.1 Å². The van der Waals surface area contributed by atoms with Gasteiger partial charge in [0, 0.05) is 43.8 Å². The van der Waals surface area contributed by atoms with Gasteiger partial charge in [0.25, 0.3) is 11.5 Å². The fourth-order valence-corrected chi connectivity index (χ4v) is 4.70. The number of hydrogen-bond donors (Lipinski definition) is 2. The number of para-hydroxylation sites is 1. The van der Waals surface area contributed by atoms with Gasteiger partial charge in [-0.3, -0.25) is 14.3 Å². The second kappa shape index (κ2) is 10.9. The highest BCUT2D eigenvalue weighted by Gasteiger charge is 2.26. The number of methoxy groups -OCH3 is 1. The van der Waals surface area contributed by atoms with Crippen LogP contribution < -0.4 is 21.5 Å². The maximum Gasteiger partial charge on any atom is 0.276 e. The molecule has 4 aromatic rings. The molecule has 3 N–H and O–H groups in total. The number of rotatable bonds is 7. The first-order valence-electron chi connectivity index (χ1n) is 12.3. The minimum Gasteiger partial charge on any atom is -0.383 e. The van der Waals surface area contributed by atoms with Crippen LogP contribution in [0.1, 0.15) is 23.3 Å². The predicted octanol–water partition coefficient (Wildman–Crippen LogP) is 2.83. The summed E-state index contributed by atoms with van der Waals surface area (Å²) in [5.74, 6) is -3.46. The van der Waals surface area contributed by atoms with Crippen molar-refractivity contribution in [3.8, 4) is 5.69 Å². The molecule has 1 aliphatic heterocycles. The third kappa shape index (κ3) is 5.10. The number of carbonyl (C=O) groups is 1. The van der Waals surface area contributed by atoms with Crippen LogP contribution in [-0.4, -0.2) is 58.3 Å². The van der Waals surface area contributed by atoms with Crippen molar-refractivity contribution in [1.82, 2.24) is 19.6 Å². The van der Waals surface area contributed by atoms with E-state index in [1.807, 2.05) is 4.90 Å². The van der Waals surface area contributed by atoms with E-state index in [0.717, 1.165) is 30.3 Å². The van der Waals surface area contributed by atoms with Gasteiger partial charge in [-0.2, -0.15) is 14.9 Å². The van der Waals surface area contributed by atoms with Crippen LogP contribution in [0.25, 0.3) is 16.6 Å². The van der Waals surface area contributed by atoms with Gasteiger partial charge >= 0.3 is 0 Å². The van der Waals surface area contributed by atoms with Gasteiger partial charge in [-0.25, -0.2) is 13.2 Å². The zero-order valence-electron chi connectivity index (χ0n) is 21.0. The Morgan fingerprint density at radius 2 is 1.82 bits per heavy atom. The number of halogens is 3. The number of benzene rings is 2. The van der Waals surface area contributed by atoms with Gasteiger partial charge in [-0.05, 0) is 31.0 Å². The topological polar surface area (TPSA) is 120 Å². The Hall–Kier alpha value is -4.23. The molecule has 0 unspecified atom stereocenters. The Morgan fingerprint density at radius 3 is 2.51 bits per heavy atom. The van der Waals surface area contributed by atoms with Crippen molar-refractivity contribution in [2.75, 3.05) is 37.0 Å². The van der Waals surface area contributed by atoms with Gasteiger partial charge in [-0.15, -0.1) is 0 Å². The van der Waals surface area contributed by atoms with E-state index in [4.69, 9.17) is 10.5 Å². The van der Waals surface area contributed by atoms with E-state index in [0.29, 0.717) is 54.8 Å². The number of nitrogens with one attached hydrogen (secondary N) is 1. The number of amides is 1. The second-order valence-corrected chi connectivity index (χ2v) is 9.19. The van der Waals surface area contributed by atoms with Gasteiger partial charge in [0.1, 0.15) is 16.9 Å². The molecule has 2 aromatic heterocycles. The number of fused-ring (bicyclic) bond motifs is 1. The zero-order chi connectivity index (χ0) is 27.7. The lowest BCUT2D eigenvalue weighted by Gasteiger charge is -2.33. The first kappa shape index (κ1) is 26.4. The summed E-state index contributed by atoms with van der Waals surface area (Å²) in [5.41, 5.74) is 5.21. The van der Waals surface area contributed by atoms with E-state index < -0.39 is 34.6 Å². The maximum absolute atomic E-state index is 15.4. The van der Waals surface area contributed by atoms with Crippen LogP contribution in [0.3, 0.4) is 0 Å². The number of piperidine rings is 1. The van der Waals surface area contributed by atoms with Crippen LogP contribution in [-0.2, 0) is 11.3 Å². The highest BCUT2D eigenvalue weighted by Crippen LogP contribution is 2.38. The quantitative estimate of drug-likeness (QED) is 0.369. The SMILES string of the molecule is COCCn1ncc2c(N3CCC(N)CC3)c(NC(=O)c3ccc(=O)n(-c4c(F)cccc4F)n3)cc(F)c21. The van der Waals surface area contributed by atoms with Gasteiger partial charge in [0.2, 0.25) is 0 Å². The minimum atomic E-state index is -1.02. The molecule has 204 valence electrons. The number of hydrogen-bond acceptors (Lipinski definition) is 7. The zero-order valence-corrected chi connectivity index (χ0v) is 21.0. The van der Waals surface area contributed by atoms with E-state index in [-0.39, 0.29) is 22.9 Å². The third-order valence-corrected chi connectivity index (χ3v) is 6.64. The standard InChI is InChI=1S/C26H26F3N7O3/c1-39-12-11-35-23-16(14-31-35)24(34-9-7-15(30)8-10-34)21(13-19(23)29)32-26(38)20-5-6-22(37)36(33-20)25-17(27)3-2-4-18(25)28/h2-6,13-15H,7-12,30H2,1H3,(H,32,38). The Balaban J connectivity index is 1.56. The van der Waals surface area contributed by atoms with Crippen molar-refractivity contribution in [2.24, 2.45) is 5.73 Å². The average Bonchev–Trinajstić information content (AvgIpc) is 3.33. The molecule has 1 amide bonds. The molecule has 0 radical (unpaired) electrons. The molecule has 13 heteroatoms. The van der Waals surface area contributed by atoms with Crippen molar-refractivity contribution in [3.63, 3.8) is 0 Å². The first-order chi connectivity index (χ1) is 18.8. The molecule has 2 aromatic carbocycles. The van der Waals surface area contributed by atoms with Crippen LogP contribution >= 0.6 is 0 Å². The highest BCUT2D eigenvalue weighted by atomic mass is 19.1. The maximum atomic E-state index is 15.4. The normalized spacial score (nSPS) is 14.2. The molecule has 0 atom stereocenters. The molecule has 1 fully saturated rings. The van der Waals surface area contributed by atoms with Crippen LogP contribution in [0.2, 0.25) is 0 Å². The molecule has 3 heterocycles. The molecule has 1 saturated heterocycles. The fraction of sp³-hybridized carbons (Fsp3) is 0.308. The fourth-order valence-electron chi connectivity index (χ4n) is 4.70. The number of ether oxygens (including phenoxy) is 1. The third-order valence-electron chi connectivity index (χ3n) is 6.64. The lowest BCUT2D eigenvalue weighted by atomic mass is 10.0. The lowest BCUT2D eigenvalue weighted by Crippen LogP contribution is -2.40. The minimum absolute atomic E-state index is 0.0312. The molecular weight excluding hydrogens is 515 g/mol. The van der Waals surface area contributed by atoms with Crippen LogP contribution in [0.5, 0.6) is 0 Å². The molecular formula is C26H26F3N7O3. The van der Waals surface area contributed by atoms with Crippen molar-refractivity contribution >= 4 is 28.2 Å². The van der Waals surface area contributed by atoms with E-state index in [1.165, 1.54) is 24.1 Å². The summed E-state index contributed by atoms with van der Waals surface area (Å²) in [6.07, 6.45) is 2.93. The van der Waals surface area contributed by atoms with Crippen molar-refractivity contribution < 1.29 is 22.7 Å². The smallest absolute Gasteiger partial charge is 0.276 e.